The summed E-state index contributed by atoms with van der Waals surface area (Å²) in [7, 11) is 0. The number of ether oxygens (including phenoxy) is 1. The van der Waals surface area contributed by atoms with E-state index < -0.39 is 11.9 Å². The molecule has 0 saturated carbocycles. The first-order chi connectivity index (χ1) is 8.04. The molecule has 0 heterocycles. The van der Waals surface area contributed by atoms with Crippen LogP contribution in [-0.2, 0) is 0 Å². The van der Waals surface area contributed by atoms with Gasteiger partial charge in [0.25, 0.3) is 0 Å². The SMILES string of the molecule is CCOc1ccc(C(O)CNC(C)C)cc1F. The molecule has 4 heteroatoms. The topological polar surface area (TPSA) is 41.5 Å². The first-order valence-electron chi connectivity index (χ1n) is 5.88. The Hall–Kier alpha value is -1.13. The van der Waals surface area contributed by atoms with E-state index in [2.05, 4.69) is 5.32 Å². The number of rotatable bonds is 6. The predicted octanol–water partition coefficient (Wildman–Crippen LogP) is 2.26. The zero-order valence-electron chi connectivity index (χ0n) is 10.5. The minimum Gasteiger partial charge on any atom is -0.491 e. The molecule has 0 amide bonds. The third kappa shape index (κ3) is 4.32. The van der Waals surface area contributed by atoms with Crippen LogP contribution >= 0.6 is 0 Å². The van der Waals surface area contributed by atoms with Gasteiger partial charge >= 0.3 is 0 Å². The zero-order valence-corrected chi connectivity index (χ0v) is 10.5. The Morgan fingerprint density at radius 3 is 2.65 bits per heavy atom. The second-order valence-corrected chi connectivity index (χ2v) is 4.20. The van der Waals surface area contributed by atoms with Gasteiger partial charge in [0.1, 0.15) is 0 Å². The largest absolute Gasteiger partial charge is 0.491 e. The number of hydrogen-bond acceptors (Lipinski definition) is 3. The van der Waals surface area contributed by atoms with Gasteiger partial charge in [0.15, 0.2) is 11.6 Å². The molecule has 1 aromatic carbocycles. The second kappa shape index (κ2) is 6.57. The van der Waals surface area contributed by atoms with Crippen molar-refractivity contribution in [3.63, 3.8) is 0 Å². The smallest absolute Gasteiger partial charge is 0.165 e. The number of aliphatic hydroxyl groups excluding tert-OH is 1. The molecule has 1 unspecified atom stereocenters. The van der Waals surface area contributed by atoms with Gasteiger partial charge in [-0.05, 0) is 24.6 Å². The third-order valence-electron chi connectivity index (χ3n) is 2.36. The molecule has 0 fully saturated rings. The number of hydrogen-bond donors (Lipinski definition) is 2. The molecule has 96 valence electrons. The van der Waals surface area contributed by atoms with Gasteiger partial charge in [-0.25, -0.2) is 4.39 Å². The fourth-order valence-corrected chi connectivity index (χ4v) is 1.46. The molecule has 1 aromatic rings. The van der Waals surface area contributed by atoms with Crippen LogP contribution < -0.4 is 10.1 Å². The van der Waals surface area contributed by atoms with Crippen LogP contribution in [0.2, 0.25) is 0 Å². The average molecular weight is 241 g/mol. The highest BCUT2D eigenvalue weighted by Crippen LogP contribution is 2.21. The Morgan fingerprint density at radius 1 is 1.41 bits per heavy atom. The van der Waals surface area contributed by atoms with Gasteiger partial charge in [-0.3, -0.25) is 0 Å². The van der Waals surface area contributed by atoms with Crippen molar-refractivity contribution < 1.29 is 14.2 Å². The van der Waals surface area contributed by atoms with E-state index in [-0.39, 0.29) is 11.8 Å². The van der Waals surface area contributed by atoms with Crippen LogP contribution in [0.1, 0.15) is 32.4 Å². The van der Waals surface area contributed by atoms with Crippen LogP contribution in [0.4, 0.5) is 4.39 Å². The Kier molecular flexibility index (Phi) is 5.38. The fraction of sp³-hybridized carbons (Fsp3) is 0.538. The van der Waals surface area contributed by atoms with Crippen molar-refractivity contribution >= 4 is 0 Å². The van der Waals surface area contributed by atoms with Crippen LogP contribution in [0, 0.1) is 5.82 Å². The molecular formula is C13H20FNO2. The standard InChI is InChI=1S/C13H20FNO2/c1-4-17-13-6-5-10(7-11(13)14)12(16)8-15-9(2)3/h5-7,9,12,15-16H,4,8H2,1-3H3. The highest BCUT2D eigenvalue weighted by Gasteiger charge is 2.11. The van der Waals surface area contributed by atoms with E-state index in [1.54, 1.807) is 19.1 Å². The van der Waals surface area contributed by atoms with Crippen molar-refractivity contribution in [2.24, 2.45) is 0 Å². The van der Waals surface area contributed by atoms with Gasteiger partial charge < -0.3 is 15.2 Å². The molecular weight excluding hydrogens is 221 g/mol. The molecule has 1 rings (SSSR count). The number of halogens is 1. The summed E-state index contributed by atoms with van der Waals surface area (Å²) in [5.41, 5.74) is 0.555. The highest BCUT2D eigenvalue weighted by molar-refractivity contribution is 5.30. The maximum atomic E-state index is 13.5. The van der Waals surface area contributed by atoms with E-state index in [0.717, 1.165) is 0 Å². The average Bonchev–Trinajstić information content (AvgIpc) is 2.28. The van der Waals surface area contributed by atoms with Crippen LogP contribution in [0.25, 0.3) is 0 Å². The molecule has 0 bridgehead atoms. The van der Waals surface area contributed by atoms with Gasteiger partial charge in [-0.2, -0.15) is 0 Å². The van der Waals surface area contributed by atoms with E-state index in [4.69, 9.17) is 4.74 Å². The highest BCUT2D eigenvalue weighted by atomic mass is 19.1. The summed E-state index contributed by atoms with van der Waals surface area (Å²) in [6, 6.07) is 4.84. The molecule has 0 radical (unpaired) electrons. The van der Waals surface area contributed by atoms with Crippen LogP contribution in [-0.4, -0.2) is 24.3 Å². The lowest BCUT2D eigenvalue weighted by atomic mass is 10.1. The summed E-state index contributed by atoms with van der Waals surface area (Å²) in [5, 5.41) is 12.9. The molecule has 0 aliphatic rings. The lowest BCUT2D eigenvalue weighted by Crippen LogP contribution is -2.27. The summed E-state index contributed by atoms with van der Waals surface area (Å²) in [6.45, 7) is 6.62. The summed E-state index contributed by atoms with van der Waals surface area (Å²) < 4.78 is 18.6. The van der Waals surface area contributed by atoms with E-state index in [1.807, 2.05) is 13.8 Å². The molecule has 0 saturated heterocycles. The van der Waals surface area contributed by atoms with Gasteiger partial charge in [0.2, 0.25) is 0 Å². The van der Waals surface area contributed by atoms with Gasteiger partial charge in [-0.15, -0.1) is 0 Å². The third-order valence-corrected chi connectivity index (χ3v) is 2.36. The number of aliphatic hydroxyl groups is 1. The number of benzene rings is 1. The lowest BCUT2D eigenvalue weighted by Gasteiger charge is -2.15. The molecule has 0 aliphatic heterocycles. The number of nitrogens with one attached hydrogen (secondary N) is 1. The quantitative estimate of drug-likeness (QED) is 0.802. The summed E-state index contributed by atoms with van der Waals surface area (Å²) in [6.07, 6.45) is -0.706. The van der Waals surface area contributed by atoms with Crippen LogP contribution in [0.3, 0.4) is 0 Å². The minimum absolute atomic E-state index is 0.222. The normalized spacial score (nSPS) is 12.8. The van der Waals surface area contributed by atoms with Crippen LogP contribution in [0.5, 0.6) is 5.75 Å². The van der Waals surface area contributed by atoms with Crippen molar-refractivity contribution in [2.45, 2.75) is 32.9 Å². The Bertz CT molecular complexity index is 355. The second-order valence-electron chi connectivity index (χ2n) is 4.20. The monoisotopic (exact) mass is 241 g/mol. The Balaban J connectivity index is 2.68. The Morgan fingerprint density at radius 2 is 2.12 bits per heavy atom. The Labute approximate surface area is 102 Å². The first-order valence-corrected chi connectivity index (χ1v) is 5.88. The van der Waals surface area contributed by atoms with E-state index in [1.165, 1.54) is 6.07 Å². The van der Waals surface area contributed by atoms with Gasteiger partial charge in [-0.1, -0.05) is 19.9 Å². The molecule has 0 aliphatic carbocycles. The van der Waals surface area contributed by atoms with E-state index in [0.29, 0.717) is 18.7 Å². The van der Waals surface area contributed by atoms with Crippen molar-refractivity contribution in [1.29, 1.82) is 0 Å². The molecule has 3 nitrogen and oxygen atoms in total. The summed E-state index contributed by atoms with van der Waals surface area (Å²) in [4.78, 5) is 0. The summed E-state index contributed by atoms with van der Waals surface area (Å²) >= 11 is 0. The van der Waals surface area contributed by atoms with E-state index in [9.17, 15) is 9.50 Å². The first kappa shape index (κ1) is 13.9. The van der Waals surface area contributed by atoms with Crippen molar-refractivity contribution in [2.75, 3.05) is 13.2 Å². The van der Waals surface area contributed by atoms with Gasteiger partial charge in [0.05, 0.1) is 12.7 Å². The predicted molar refractivity (Wildman–Crippen MR) is 65.7 cm³/mol. The van der Waals surface area contributed by atoms with Gasteiger partial charge in [0, 0.05) is 12.6 Å². The minimum atomic E-state index is -0.706. The maximum absolute atomic E-state index is 13.5. The lowest BCUT2D eigenvalue weighted by molar-refractivity contribution is 0.171. The van der Waals surface area contributed by atoms with Crippen molar-refractivity contribution in [1.82, 2.24) is 5.32 Å². The van der Waals surface area contributed by atoms with Crippen molar-refractivity contribution in [3.8, 4) is 5.75 Å². The molecule has 17 heavy (non-hydrogen) atoms. The molecule has 0 spiro atoms. The van der Waals surface area contributed by atoms with E-state index >= 15 is 0 Å². The molecule has 2 N–H and O–H groups in total. The van der Waals surface area contributed by atoms with Crippen molar-refractivity contribution in [3.05, 3.63) is 29.6 Å². The fourth-order valence-electron chi connectivity index (χ4n) is 1.46. The zero-order chi connectivity index (χ0) is 12.8. The summed E-state index contributed by atoms with van der Waals surface area (Å²) in [5.74, 6) is -0.215. The molecule has 0 aromatic heterocycles. The maximum Gasteiger partial charge on any atom is 0.165 e. The van der Waals surface area contributed by atoms with Crippen LogP contribution in [0.15, 0.2) is 18.2 Å². The molecule has 1 atom stereocenters.